The number of hydrogen-bond acceptors (Lipinski definition) is 5. The molecule has 1 N–H and O–H groups in total. The minimum atomic E-state index is 0.0173. The summed E-state index contributed by atoms with van der Waals surface area (Å²) >= 11 is 1.71. The SMILES string of the molecule is CNCC[C@@H](Oc1cccc(N2CCN(C)CCC2=O)c1)c1cccs1. The number of likely N-dealkylation sites (N-methyl/N-ethyl adjacent to an activating group) is 1. The second-order valence-electron chi connectivity index (χ2n) is 6.61. The standard InChI is InChI=1S/C20H27N3O2S/c1-21-10-8-18(19-7-4-14-26-19)25-17-6-3-5-16(15-17)23-13-12-22(2)11-9-20(23)24/h3-7,14-15,18,21H,8-13H2,1-2H3/t18-/m1/s1. The molecule has 1 atom stereocenters. The van der Waals surface area contributed by atoms with Crippen molar-refractivity contribution in [1.29, 1.82) is 0 Å². The van der Waals surface area contributed by atoms with Crippen LogP contribution in [-0.4, -0.2) is 51.1 Å². The maximum Gasteiger partial charge on any atom is 0.228 e. The second kappa shape index (κ2) is 9.16. The van der Waals surface area contributed by atoms with E-state index in [1.54, 1.807) is 11.3 Å². The van der Waals surface area contributed by atoms with Crippen LogP contribution >= 0.6 is 11.3 Å². The molecule has 1 amide bonds. The Bertz CT molecular complexity index is 705. The summed E-state index contributed by atoms with van der Waals surface area (Å²) in [5.41, 5.74) is 0.918. The second-order valence-corrected chi connectivity index (χ2v) is 7.59. The molecule has 5 nitrogen and oxygen atoms in total. The average Bonchev–Trinajstić information content (AvgIpc) is 3.13. The normalized spacial score (nSPS) is 17.2. The van der Waals surface area contributed by atoms with Crippen LogP contribution in [0.5, 0.6) is 5.75 Å². The van der Waals surface area contributed by atoms with E-state index in [0.29, 0.717) is 13.0 Å². The third-order valence-electron chi connectivity index (χ3n) is 4.64. The quantitative estimate of drug-likeness (QED) is 0.810. The summed E-state index contributed by atoms with van der Waals surface area (Å²) in [4.78, 5) is 17.8. The van der Waals surface area contributed by atoms with E-state index in [1.165, 1.54) is 4.88 Å². The summed E-state index contributed by atoms with van der Waals surface area (Å²) in [5, 5.41) is 5.27. The molecular weight excluding hydrogens is 346 g/mol. The van der Waals surface area contributed by atoms with Crippen LogP contribution < -0.4 is 15.0 Å². The van der Waals surface area contributed by atoms with Gasteiger partial charge in [-0.05, 0) is 44.2 Å². The van der Waals surface area contributed by atoms with Crippen molar-refractivity contribution in [3.05, 3.63) is 46.7 Å². The van der Waals surface area contributed by atoms with Crippen molar-refractivity contribution in [2.45, 2.75) is 18.9 Å². The lowest BCUT2D eigenvalue weighted by atomic mass is 10.2. The molecule has 1 fully saturated rings. The lowest BCUT2D eigenvalue weighted by Gasteiger charge is -2.23. The van der Waals surface area contributed by atoms with Gasteiger partial charge in [0.15, 0.2) is 0 Å². The summed E-state index contributed by atoms with van der Waals surface area (Å²) in [7, 11) is 4.01. The van der Waals surface area contributed by atoms with Gasteiger partial charge in [-0.15, -0.1) is 11.3 Å². The fraction of sp³-hybridized carbons (Fsp3) is 0.450. The van der Waals surface area contributed by atoms with Crippen LogP contribution in [0.2, 0.25) is 0 Å². The highest BCUT2D eigenvalue weighted by Gasteiger charge is 2.21. The Morgan fingerprint density at radius 2 is 2.12 bits per heavy atom. The van der Waals surface area contributed by atoms with Gasteiger partial charge in [0.25, 0.3) is 0 Å². The maximum atomic E-state index is 12.5. The zero-order valence-corrected chi connectivity index (χ0v) is 16.3. The number of ether oxygens (including phenoxy) is 1. The number of anilines is 1. The fourth-order valence-corrected chi connectivity index (χ4v) is 3.89. The summed E-state index contributed by atoms with van der Waals surface area (Å²) < 4.78 is 6.30. The number of carbonyl (C=O) groups is 1. The van der Waals surface area contributed by atoms with Crippen molar-refractivity contribution in [3.8, 4) is 5.75 Å². The minimum absolute atomic E-state index is 0.0173. The van der Waals surface area contributed by atoms with Crippen molar-refractivity contribution < 1.29 is 9.53 Å². The van der Waals surface area contributed by atoms with Crippen LogP contribution in [-0.2, 0) is 4.79 Å². The van der Waals surface area contributed by atoms with E-state index >= 15 is 0 Å². The lowest BCUT2D eigenvalue weighted by Crippen LogP contribution is -2.32. The number of nitrogens with one attached hydrogen (secondary N) is 1. The average molecular weight is 374 g/mol. The molecule has 6 heteroatoms. The van der Waals surface area contributed by atoms with Gasteiger partial charge in [-0.1, -0.05) is 12.1 Å². The van der Waals surface area contributed by atoms with Gasteiger partial charge in [0.05, 0.1) is 0 Å². The Morgan fingerprint density at radius 1 is 1.23 bits per heavy atom. The van der Waals surface area contributed by atoms with E-state index in [1.807, 2.05) is 36.2 Å². The van der Waals surface area contributed by atoms with E-state index in [0.717, 1.165) is 37.5 Å². The van der Waals surface area contributed by atoms with Gasteiger partial charge in [-0.2, -0.15) is 0 Å². The molecule has 1 aromatic carbocycles. The summed E-state index contributed by atoms with van der Waals surface area (Å²) in [5.74, 6) is 0.985. The van der Waals surface area contributed by atoms with Crippen molar-refractivity contribution in [2.75, 3.05) is 45.2 Å². The minimum Gasteiger partial charge on any atom is -0.485 e. The fourth-order valence-electron chi connectivity index (χ4n) is 3.10. The van der Waals surface area contributed by atoms with Crippen molar-refractivity contribution in [3.63, 3.8) is 0 Å². The molecule has 0 aliphatic carbocycles. The Balaban J connectivity index is 1.76. The number of benzene rings is 1. The molecule has 1 aromatic heterocycles. The van der Waals surface area contributed by atoms with E-state index in [-0.39, 0.29) is 12.0 Å². The number of thiophene rings is 1. The Labute approximate surface area is 159 Å². The molecule has 140 valence electrons. The first-order chi connectivity index (χ1) is 12.7. The van der Waals surface area contributed by atoms with Crippen LogP contribution in [0.1, 0.15) is 23.8 Å². The monoisotopic (exact) mass is 373 g/mol. The third kappa shape index (κ3) is 4.84. The molecule has 0 bridgehead atoms. The van der Waals surface area contributed by atoms with Gasteiger partial charge < -0.3 is 19.9 Å². The molecule has 0 spiro atoms. The number of carbonyl (C=O) groups excluding carboxylic acids is 1. The zero-order chi connectivity index (χ0) is 18.4. The molecule has 0 radical (unpaired) electrons. The highest BCUT2D eigenvalue weighted by atomic mass is 32.1. The predicted octanol–water partition coefficient (Wildman–Crippen LogP) is 3.15. The van der Waals surface area contributed by atoms with Gasteiger partial charge in [0, 0.05) is 49.1 Å². The van der Waals surface area contributed by atoms with Crippen LogP contribution in [0.15, 0.2) is 41.8 Å². The topological polar surface area (TPSA) is 44.8 Å². The Kier molecular flexibility index (Phi) is 6.66. The van der Waals surface area contributed by atoms with Gasteiger partial charge in [-0.3, -0.25) is 4.79 Å². The highest BCUT2D eigenvalue weighted by Crippen LogP contribution is 2.30. The first-order valence-electron chi connectivity index (χ1n) is 9.11. The maximum absolute atomic E-state index is 12.5. The summed E-state index contributed by atoms with van der Waals surface area (Å²) in [6.45, 7) is 3.30. The van der Waals surface area contributed by atoms with Crippen LogP contribution in [0.25, 0.3) is 0 Å². The van der Waals surface area contributed by atoms with Crippen LogP contribution in [0, 0.1) is 0 Å². The van der Waals surface area contributed by atoms with Crippen LogP contribution in [0.4, 0.5) is 5.69 Å². The van der Waals surface area contributed by atoms with E-state index in [4.69, 9.17) is 4.74 Å². The zero-order valence-electron chi connectivity index (χ0n) is 15.5. The molecule has 3 rings (SSSR count). The van der Waals surface area contributed by atoms with Crippen molar-refractivity contribution in [2.24, 2.45) is 0 Å². The largest absolute Gasteiger partial charge is 0.485 e. The van der Waals surface area contributed by atoms with Gasteiger partial charge in [-0.25, -0.2) is 0 Å². The van der Waals surface area contributed by atoms with E-state index < -0.39 is 0 Å². The molecule has 26 heavy (non-hydrogen) atoms. The highest BCUT2D eigenvalue weighted by molar-refractivity contribution is 7.10. The first-order valence-corrected chi connectivity index (χ1v) is 9.99. The van der Waals surface area contributed by atoms with Crippen LogP contribution in [0.3, 0.4) is 0 Å². The molecule has 1 aliphatic heterocycles. The Morgan fingerprint density at radius 3 is 2.88 bits per heavy atom. The van der Waals surface area contributed by atoms with Crippen molar-refractivity contribution in [1.82, 2.24) is 10.2 Å². The van der Waals surface area contributed by atoms with Gasteiger partial charge in [0.1, 0.15) is 11.9 Å². The lowest BCUT2D eigenvalue weighted by molar-refractivity contribution is -0.118. The molecule has 2 heterocycles. The smallest absolute Gasteiger partial charge is 0.228 e. The van der Waals surface area contributed by atoms with E-state index in [9.17, 15) is 4.79 Å². The summed E-state index contributed by atoms with van der Waals surface area (Å²) in [6.07, 6.45) is 1.47. The third-order valence-corrected chi connectivity index (χ3v) is 5.60. The predicted molar refractivity (Wildman–Crippen MR) is 107 cm³/mol. The Hall–Kier alpha value is -1.89. The first kappa shape index (κ1) is 18.9. The van der Waals surface area contributed by atoms with Gasteiger partial charge in [0.2, 0.25) is 5.91 Å². The summed E-state index contributed by atoms with van der Waals surface area (Å²) in [6, 6.07) is 12.1. The molecule has 2 aromatic rings. The molecule has 1 aliphatic rings. The number of rotatable bonds is 7. The molecule has 0 saturated carbocycles. The molecular formula is C20H27N3O2S. The number of hydrogen-bond donors (Lipinski definition) is 1. The number of nitrogens with zero attached hydrogens (tertiary/aromatic N) is 2. The van der Waals surface area contributed by atoms with Crippen molar-refractivity contribution >= 4 is 22.9 Å². The molecule has 0 unspecified atom stereocenters. The molecule has 1 saturated heterocycles. The van der Waals surface area contributed by atoms with Gasteiger partial charge >= 0.3 is 0 Å². The van der Waals surface area contributed by atoms with E-state index in [2.05, 4.69) is 34.8 Å². The number of amides is 1.